The number of hydrogen-bond donors (Lipinski definition) is 0. The van der Waals surface area contributed by atoms with Crippen LogP contribution in [0.1, 0.15) is 36.0 Å². The number of amides is 1. The van der Waals surface area contributed by atoms with Crippen LogP contribution in [0.3, 0.4) is 0 Å². The predicted octanol–water partition coefficient (Wildman–Crippen LogP) is 3.99. The molecule has 0 bridgehead atoms. The van der Waals surface area contributed by atoms with E-state index < -0.39 is 0 Å². The van der Waals surface area contributed by atoms with Crippen LogP contribution in [-0.4, -0.2) is 59.2 Å². The van der Waals surface area contributed by atoms with Crippen LogP contribution >= 0.6 is 15.9 Å². The van der Waals surface area contributed by atoms with Crippen molar-refractivity contribution in [3.05, 3.63) is 52.5 Å². The highest BCUT2D eigenvalue weighted by Crippen LogP contribution is 2.25. The molecule has 162 valence electrons. The number of hydrogen-bond acceptors (Lipinski definition) is 7. The van der Waals surface area contributed by atoms with Crippen LogP contribution in [0.5, 0.6) is 5.75 Å². The second-order valence-electron chi connectivity index (χ2n) is 7.64. The van der Waals surface area contributed by atoms with Crippen molar-refractivity contribution >= 4 is 27.7 Å². The minimum Gasteiger partial charge on any atom is -0.497 e. The van der Waals surface area contributed by atoms with Crippen LogP contribution in [0.25, 0.3) is 11.4 Å². The molecule has 3 heterocycles. The molecular weight excluding hydrogens is 462 g/mol. The lowest BCUT2D eigenvalue weighted by Crippen LogP contribution is -2.49. The molecule has 1 saturated heterocycles. The van der Waals surface area contributed by atoms with Gasteiger partial charge < -0.3 is 19.1 Å². The van der Waals surface area contributed by atoms with E-state index in [1.807, 2.05) is 43.0 Å². The van der Waals surface area contributed by atoms with Gasteiger partial charge in [-0.15, -0.1) is 0 Å². The number of anilines is 1. The summed E-state index contributed by atoms with van der Waals surface area (Å²) in [5.74, 6) is 2.86. The van der Waals surface area contributed by atoms with E-state index >= 15 is 0 Å². The Morgan fingerprint density at radius 3 is 2.55 bits per heavy atom. The van der Waals surface area contributed by atoms with Gasteiger partial charge in [-0.1, -0.05) is 19.0 Å². The summed E-state index contributed by atoms with van der Waals surface area (Å²) in [6, 6.07) is 9.33. The fraction of sp³-hybridized carbons (Fsp3) is 0.364. The van der Waals surface area contributed by atoms with Crippen LogP contribution in [-0.2, 0) is 0 Å². The van der Waals surface area contributed by atoms with Crippen molar-refractivity contribution in [1.29, 1.82) is 0 Å². The van der Waals surface area contributed by atoms with Crippen molar-refractivity contribution in [2.45, 2.75) is 19.8 Å². The molecule has 0 aliphatic carbocycles. The third-order valence-electron chi connectivity index (χ3n) is 5.24. The van der Waals surface area contributed by atoms with E-state index in [1.165, 1.54) is 0 Å². The molecule has 0 atom stereocenters. The van der Waals surface area contributed by atoms with Crippen LogP contribution in [0.2, 0.25) is 0 Å². The molecule has 1 aliphatic heterocycles. The summed E-state index contributed by atoms with van der Waals surface area (Å²) in [6.45, 7) is 6.67. The second kappa shape index (κ2) is 9.05. The molecular formula is C22H24BrN5O3. The molecule has 0 saturated carbocycles. The molecule has 1 aliphatic rings. The highest BCUT2D eigenvalue weighted by Gasteiger charge is 2.24. The van der Waals surface area contributed by atoms with Crippen LogP contribution in [0.15, 0.2) is 45.5 Å². The number of carbonyl (C=O) groups is 1. The maximum absolute atomic E-state index is 13.0. The van der Waals surface area contributed by atoms with Crippen LogP contribution < -0.4 is 9.64 Å². The molecule has 2 aromatic heterocycles. The van der Waals surface area contributed by atoms with Crippen molar-refractivity contribution in [2.75, 3.05) is 38.2 Å². The van der Waals surface area contributed by atoms with Crippen molar-refractivity contribution < 1.29 is 14.1 Å². The molecule has 9 heteroatoms. The third-order valence-corrected chi connectivity index (χ3v) is 5.93. The number of nitrogens with zero attached hydrogens (tertiary/aromatic N) is 5. The molecule has 3 aromatic rings. The van der Waals surface area contributed by atoms with Crippen LogP contribution in [0, 0.1) is 0 Å². The van der Waals surface area contributed by atoms with Gasteiger partial charge >= 0.3 is 0 Å². The number of halogens is 1. The van der Waals surface area contributed by atoms with Crippen molar-refractivity contribution in [1.82, 2.24) is 20.0 Å². The molecule has 8 nitrogen and oxygen atoms in total. The van der Waals surface area contributed by atoms with Gasteiger partial charge in [-0.3, -0.25) is 4.79 Å². The molecule has 31 heavy (non-hydrogen) atoms. The SMILES string of the molecule is COc1ccc(Br)c(C(=O)N2CCN(c3ccc(-c4noc(C(C)C)n4)cn3)CC2)c1. The number of rotatable bonds is 5. The Balaban J connectivity index is 1.40. The summed E-state index contributed by atoms with van der Waals surface area (Å²) < 4.78 is 11.3. The van der Waals surface area contributed by atoms with Gasteiger partial charge in [0.15, 0.2) is 0 Å². The Morgan fingerprint density at radius 2 is 1.94 bits per heavy atom. The highest BCUT2D eigenvalue weighted by atomic mass is 79.9. The van der Waals surface area contributed by atoms with Gasteiger partial charge in [0.05, 0.1) is 12.7 Å². The first-order valence-electron chi connectivity index (χ1n) is 10.1. The zero-order valence-electron chi connectivity index (χ0n) is 17.7. The lowest BCUT2D eigenvalue weighted by Gasteiger charge is -2.35. The van der Waals surface area contributed by atoms with E-state index in [1.54, 1.807) is 19.4 Å². The van der Waals surface area contributed by atoms with Crippen molar-refractivity contribution in [3.63, 3.8) is 0 Å². The molecule has 0 radical (unpaired) electrons. The summed E-state index contributed by atoms with van der Waals surface area (Å²) in [4.78, 5) is 26.0. The fourth-order valence-electron chi connectivity index (χ4n) is 3.40. The Morgan fingerprint density at radius 1 is 1.16 bits per heavy atom. The largest absolute Gasteiger partial charge is 0.497 e. The van der Waals surface area contributed by atoms with Gasteiger partial charge in [0.25, 0.3) is 5.91 Å². The molecule has 0 unspecified atom stereocenters. The summed E-state index contributed by atoms with van der Waals surface area (Å²) in [5.41, 5.74) is 1.42. The van der Waals surface area contributed by atoms with E-state index in [4.69, 9.17) is 9.26 Å². The first kappa shape index (κ1) is 21.3. The van der Waals surface area contributed by atoms with Gasteiger partial charge in [0, 0.05) is 48.3 Å². The Kier molecular flexibility index (Phi) is 6.22. The molecule has 0 spiro atoms. The van der Waals surface area contributed by atoms with Gasteiger partial charge in [-0.25, -0.2) is 4.98 Å². The highest BCUT2D eigenvalue weighted by molar-refractivity contribution is 9.10. The number of piperazine rings is 1. The molecule has 0 N–H and O–H groups in total. The number of aromatic nitrogens is 3. The van der Waals surface area contributed by atoms with Gasteiger partial charge in [0.1, 0.15) is 11.6 Å². The zero-order chi connectivity index (χ0) is 22.0. The standard InChI is InChI=1S/C22H24BrN5O3/c1-14(2)21-25-20(26-31-21)15-4-7-19(24-13-15)27-8-10-28(11-9-27)22(29)17-12-16(30-3)5-6-18(17)23/h4-7,12-14H,8-11H2,1-3H3. The van der Waals surface area contributed by atoms with E-state index in [-0.39, 0.29) is 11.8 Å². The zero-order valence-corrected chi connectivity index (χ0v) is 19.3. The van der Waals surface area contributed by atoms with E-state index in [0.717, 1.165) is 15.9 Å². The molecule has 1 amide bonds. The summed E-state index contributed by atoms with van der Waals surface area (Å²) in [7, 11) is 1.59. The van der Waals surface area contributed by atoms with Crippen molar-refractivity contribution in [2.24, 2.45) is 0 Å². The first-order chi connectivity index (χ1) is 15.0. The topological polar surface area (TPSA) is 84.6 Å². The monoisotopic (exact) mass is 485 g/mol. The summed E-state index contributed by atoms with van der Waals surface area (Å²) in [6.07, 6.45) is 1.76. The normalized spacial score (nSPS) is 14.2. The number of pyridine rings is 1. The third kappa shape index (κ3) is 4.56. The average Bonchev–Trinajstić information content (AvgIpc) is 3.30. The quantitative estimate of drug-likeness (QED) is 0.539. The minimum absolute atomic E-state index is 0.00760. The number of ether oxygens (including phenoxy) is 1. The fourth-order valence-corrected chi connectivity index (χ4v) is 3.81. The summed E-state index contributed by atoms with van der Waals surface area (Å²) in [5, 5.41) is 4.03. The summed E-state index contributed by atoms with van der Waals surface area (Å²) >= 11 is 3.47. The minimum atomic E-state index is -0.00760. The van der Waals surface area contributed by atoms with Crippen LogP contribution in [0.4, 0.5) is 5.82 Å². The van der Waals surface area contributed by atoms with Gasteiger partial charge in [-0.05, 0) is 46.3 Å². The maximum atomic E-state index is 13.0. The molecule has 1 fully saturated rings. The van der Waals surface area contributed by atoms with Gasteiger partial charge in [-0.2, -0.15) is 4.98 Å². The second-order valence-corrected chi connectivity index (χ2v) is 8.50. The van der Waals surface area contributed by atoms with Gasteiger partial charge in [0.2, 0.25) is 11.7 Å². The number of methoxy groups -OCH3 is 1. The van der Waals surface area contributed by atoms with E-state index in [0.29, 0.717) is 49.2 Å². The number of carbonyl (C=O) groups excluding carboxylic acids is 1. The lowest BCUT2D eigenvalue weighted by molar-refractivity contribution is 0.0745. The average molecular weight is 486 g/mol. The Hall–Kier alpha value is -2.94. The Labute approximate surface area is 189 Å². The van der Waals surface area contributed by atoms with E-state index in [9.17, 15) is 4.79 Å². The van der Waals surface area contributed by atoms with E-state index in [2.05, 4.69) is 36.0 Å². The molecule has 1 aromatic carbocycles. The van der Waals surface area contributed by atoms with Crippen molar-refractivity contribution in [3.8, 4) is 17.1 Å². The smallest absolute Gasteiger partial charge is 0.255 e. The predicted molar refractivity (Wildman–Crippen MR) is 120 cm³/mol. The molecule has 4 rings (SSSR count). The maximum Gasteiger partial charge on any atom is 0.255 e. The first-order valence-corrected chi connectivity index (χ1v) is 10.9. The Bertz CT molecular complexity index is 1060. The lowest BCUT2D eigenvalue weighted by atomic mass is 10.1. The number of benzene rings is 1.